The number of likely N-dealkylation sites (tertiary alicyclic amines) is 2. The van der Waals surface area contributed by atoms with E-state index >= 15 is 0 Å². The first-order valence-electron chi connectivity index (χ1n) is 11.6. The van der Waals surface area contributed by atoms with E-state index in [1.165, 1.54) is 6.92 Å². The van der Waals surface area contributed by atoms with E-state index in [1.54, 1.807) is 34.1 Å². The summed E-state index contributed by atoms with van der Waals surface area (Å²) >= 11 is 0. The second-order valence-corrected chi connectivity index (χ2v) is 8.86. The van der Waals surface area contributed by atoms with Crippen molar-refractivity contribution in [2.45, 2.75) is 38.8 Å². The molecule has 8 nitrogen and oxygen atoms in total. The molecule has 0 saturated carbocycles. The number of hydrogen-bond acceptors (Lipinski definition) is 5. The van der Waals surface area contributed by atoms with Crippen molar-refractivity contribution in [1.29, 1.82) is 0 Å². The molecule has 3 amide bonds. The molecule has 2 aliphatic rings. The maximum absolute atomic E-state index is 12.9. The summed E-state index contributed by atoms with van der Waals surface area (Å²) in [6, 6.07) is 16.3. The van der Waals surface area contributed by atoms with Crippen molar-refractivity contribution in [1.82, 2.24) is 15.1 Å². The number of benzene rings is 2. The van der Waals surface area contributed by atoms with E-state index in [0.717, 1.165) is 5.56 Å². The number of ether oxygens (including phenoxy) is 1. The lowest BCUT2D eigenvalue weighted by molar-refractivity contribution is -0.132. The Labute approximate surface area is 198 Å². The summed E-state index contributed by atoms with van der Waals surface area (Å²) in [6.45, 7) is 3.30. The van der Waals surface area contributed by atoms with Gasteiger partial charge in [0, 0.05) is 51.1 Å². The number of amides is 3. The highest BCUT2D eigenvalue weighted by Crippen LogP contribution is 2.22. The van der Waals surface area contributed by atoms with Crippen LogP contribution in [0.15, 0.2) is 54.6 Å². The van der Waals surface area contributed by atoms with E-state index < -0.39 is 5.97 Å². The number of nitrogens with one attached hydrogen (secondary N) is 1. The quantitative estimate of drug-likeness (QED) is 0.524. The van der Waals surface area contributed by atoms with Crippen molar-refractivity contribution < 1.29 is 23.9 Å². The lowest BCUT2D eigenvalue weighted by Crippen LogP contribution is -2.48. The van der Waals surface area contributed by atoms with Gasteiger partial charge in [-0.2, -0.15) is 0 Å². The van der Waals surface area contributed by atoms with Crippen LogP contribution in [0.5, 0.6) is 5.75 Å². The molecule has 2 fully saturated rings. The molecule has 2 heterocycles. The fourth-order valence-corrected chi connectivity index (χ4v) is 4.49. The van der Waals surface area contributed by atoms with Crippen molar-refractivity contribution in [3.8, 4) is 5.75 Å². The molecule has 2 aromatic rings. The van der Waals surface area contributed by atoms with Gasteiger partial charge in [0.05, 0.1) is 5.92 Å². The smallest absolute Gasteiger partial charge is 0.308 e. The average molecular weight is 464 g/mol. The van der Waals surface area contributed by atoms with Crippen LogP contribution in [0.4, 0.5) is 0 Å². The van der Waals surface area contributed by atoms with Gasteiger partial charge in [-0.25, -0.2) is 0 Å². The van der Waals surface area contributed by atoms with E-state index in [1.807, 2.05) is 30.3 Å². The number of hydrogen-bond donors (Lipinski definition) is 1. The number of piperidine rings is 1. The largest absolute Gasteiger partial charge is 0.427 e. The lowest BCUT2D eigenvalue weighted by Gasteiger charge is -2.33. The van der Waals surface area contributed by atoms with Crippen LogP contribution < -0.4 is 10.1 Å². The molecule has 2 aliphatic heterocycles. The SMILES string of the molecule is CC(=O)Oc1cccc(C(=O)N2CCC(NC(=O)C3CC(=O)N(Cc4ccccc4)C3)CC2)c1. The molecule has 0 bridgehead atoms. The molecule has 34 heavy (non-hydrogen) atoms. The third kappa shape index (κ3) is 5.81. The molecular weight excluding hydrogens is 434 g/mol. The number of nitrogens with zero attached hydrogens (tertiary/aromatic N) is 2. The zero-order chi connectivity index (χ0) is 24.1. The van der Waals surface area contributed by atoms with Crippen LogP contribution in [0, 0.1) is 5.92 Å². The molecule has 0 radical (unpaired) electrons. The van der Waals surface area contributed by atoms with Gasteiger partial charge < -0.3 is 19.9 Å². The highest BCUT2D eigenvalue weighted by Gasteiger charge is 2.35. The highest BCUT2D eigenvalue weighted by atomic mass is 16.5. The van der Waals surface area contributed by atoms with Gasteiger partial charge >= 0.3 is 5.97 Å². The van der Waals surface area contributed by atoms with Gasteiger partial charge in [-0.05, 0) is 36.6 Å². The summed E-state index contributed by atoms with van der Waals surface area (Å²) in [4.78, 5) is 52.7. The van der Waals surface area contributed by atoms with Crippen LogP contribution in [-0.4, -0.2) is 59.2 Å². The maximum Gasteiger partial charge on any atom is 0.308 e. The van der Waals surface area contributed by atoms with Gasteiger partial charge in [0.1, 0.15) is 5.75 Å². The lowest BCUT2D eigenvalue weighted by atomic mass is 10.0. The van der Waals surface area contributed by atoms with E-state index in [4.69, 9.17) is 4.74 Å². The first kappa shape index (κ1) is 23.5. The first-order valence-corrected chi connectivity index (χ1v) is 11.6. The minimum Gasteiger partial charge on any atom is -0.427 e. The molecule has 2 saturated heterocycles. The Hall–Kier alpha value is -3.68. The molecule has 1 unspecified atom stereocenters. The van der Waals surface area contributed by atoms with Crippen molar-refractivity contribution in [3.05, 3.63) is 65.7 Å². The number of carbonyl (C=O) groups excluding carboxylic acids is 4. The zero-order valence-corrected chi connectivity index (χ0v) is 19.2. The Morgan fingerprint density at radius 1 is 1.03 bits per heavy atom. The molecule has 1 N–H and O–H groups in total. The third-order valence-electron chi connectivity index (χ3n) is 6.27. The van der Waals surface area contributed by atoms with Gasteiger partial charge in [0.2, 0.25) is 11.8 Å². The molecule has 0 aliphatic carbocycles. The van der Waals surface area contributed by atoms with E-state index in [2.05, 4.69) is 5.32 Å². The topological polar surface area (TPSA) is 96.0 Å². The Balaban J connectivity index is 1.25. The van der Waals surface area contributed by atoms with E-state index in [9.17, 15) is 19.2 Å². The second kappa shape index (κ2) is 10.5. The summed E-state index contributed by atoms with van der Waals surface area (Å²) in [7, 11) is 0. The van der Waals surface area contributed by atoms with Crippen LogP contribution in [0.1, 0.15) is 42.1 Å². The molecule has 0 spiro atoms. The molecule has 4 rings (SSSR count). The molecule has 178 valence electrons. The Morgan fingerprint density at radius 2 is 1.76 bits per heavy atom. The standard InChI is InChI=1S/C26H29N3O5/c1-18(30)34-23-9-5-8-20(14-23)26(33)28-12-10-22(11-13-28)27-25(32)21-15-24(31)29(17-21)16-19-6-3-2-4-7-19/h2-9,14,21-22H,10-13,15-17H2,1H3,(H,27,32). The van der Waals surface area contributed by atoms with Crippen LogP contribution in [0.2, 0.25) is 0 Å². The summed E-state index contributed by atoms with van der Waals surface area (Å²) in [5.74, 6) is -0.666. The van der Waals surface area contributed by atoms with E-state index in [-0.39, 0.29) is 36.1 Å². The Kier molecular flexibility index (Phi) is 7.25. The summed E-state index contributed by atoms with van der Waals surface area (Å²) in [5.41, 5.74) is 1.51. The van der Waals surface area contributed by atoms with Gasteiger partial charge in [-0.1, -0.05) is 36.4 Å². The summed E-state index contributed by atoms with van der Waals surface area (Å²) in [5, 5.41) is 3.08. The van der Waals surface area contributed by atoms with Crippen LogP contribution >= 0.6 is 0 Å². The number of esters is 1. The fourth-order valence-electron chi connectivity index (χ4n) is 4.49. The summed E-state index contributed by atoms with van der Waals surface area (Å²) < 4.78 is 5.07. The minimum absolute atomic E-state index is 0.000372. The van der Waals surface area contributed by atoms with Crippen molar-refractivity contribution in [2.75, 3.05) is 19.6 Å². The summed E-state index contributed by atoms with van der Waals surface area (Å²) in [6.07, 6.45) is 1.53. The predicted octanol–water partition coefficient (Wildman–Crippen LogP) is 2.38. The monoisotopic (exact) mass is 463 g/mol. The minimum atomic E-state index is -0.437. The zero-order valence-electron chi connectivity index (χ0n) is 19.2. The van der Waals surface area contributed by atoms with Crippen LogP contribution in [-0.2, 0) is 20.9 Å². The molecule has 8 heteroatoms. The van der Waals surface area contributed by atoms with E-state index in [0.29, 0.717) is 50.3 Å². The van der Waals surface area contributed by atoms with Crippen molar-refractivity contribution in [2.24, 2.45) is 5.92 Å². The van der Waals surface area contributed by atoms with Gasteiger partial charge in [0.25, 0.3) is 5.91 Å². The number of carbonyl (C=O) groups is 4. The second-order valence-electron chi connectivity index (χ2n) is 8.86. The molecular formula is C26H29N3O5. The Morgan fingerprint density at radius 3 is 2.47 bits per heavy atom. The van der Waals surface area contributed by atoms with Crippen LogP contribution in [0.3, 0.4) is 0 Å². The van der Waals surface area contributed by atoms with Crippen LogP contribution in [0.25, 0.3) is 0 Å². The van der Waals surface area contributed by atoms with Gasteiger partial charge in [0.15, 0.2) is 0 Å². The highest BCUT2D eigenvalue weighted by molar-refractivity contribution is 5.95. The normalized spacial score (nSPS) is 18.6. The molecule has 0 aromatic heterocycles. The maximum atomic E-state index is 12.9. The first-order chi connectivity index (χ1) is 16.4. The third-order valence-corrected chi connectivity index (χ3v) is 6.27. The van der Waals surface area contributed by atoms with Gasteiger partial charge in [-0.3, -0.25) is 19.2 Å². The molecule has 2 aromatic carbocycles. The predicted molar refractivity (Wildman–Crippen MR) is 125 cm³/mol. The molecule has 1 atom stereocenters. The fraction of sp³-hybridized carbons (Fsp3) is 0.385. The van der Waals surface area contributed by atoms with Gasteiger partial charge in [-0.15, -0.1) is 0 Å². The Bertz CT molecular complexity index is 1060. The van der Waals surface area contributed by atoms with Crippen molar-refractivity contribution >= 4 is 23.7 Å². The number of rotatable bonds is 6. The average Bonchev–Trinajstić information content (AvgIpc) is 3.20. The van der Waals surface area contributed by atoms with Crippen molar-refractivity contribution in [3.63, 3.8) is 0 Å².